The fourth-order valence-electron chi connectivity index (χ4n) is 2.40. The van der Waals surface area contributed by atoms with E-state index < -0.39 is 0 Å². The Hall–Kier alpha value is -2.54. The third kappa shape index (κ3) is 3.73. The molecule has 0 N–H and O–H groups in total. The highest BCUT2D eigenvalue weighted by atomic mass is 16.3. The molecule has 104 valence electrons. The summed E-state index contributed by atoms with van der Waals surface area (Å²) >= 11 is 0. The van der Waals surface area contributed by atoms with Gasteiger partial charge in [-0.05, 0) is 35.3 Å². The summed E-state index contributed by atoms with van der Waals surface area (Å²) in [6, 6.07) is 25.0. The summed E-state index contributed by atoms with van der Waals surface area (Å²) in [5, 5.41) is 0. The first-order valence-electron chi connectivity index (χ1n) is 7.22. The molecular formula is C20H18O. The smallest absolute Gasteiger partial charge is 0.108 e. The molecule has 0 aliphatic carbocycles. The average molecular weight is 274 g/mol. The zero-order valence-corrected chi connectivity index (χ0v) is 11.9. The van der Waals surface area contributed by atoms with E-state index in [0.29, 0.717) is 0 Å². The van der Waals surface area contributed by atoms with Gasteiger partial charge in [-0.2, -0.15) is 0 Å². The van der Waals surface area contributed by atoms with E-state index in [0.717, 1.165) is 18.6 Å². The molecule has 1 heterocycles. The van der Waals surface area contributed by atoms with Crippen molar-refractivity contribution in [2.45, 2.75) is 12.8 Å². The lowest BCUT2D eigenvalue weighted by atomic mass is 9.99. The maximum absolute atomic E-state index is 5.50. The van der Waals surface area contributed by atoms with Crippen LogP contribution in [0.2, 0.25) is 0 Å². The molecule has 0 amide bonds. The quantitative estimate of drug-likeness (QED) is 0.627. The Labute approximate surface area is 125 Å². The summed E-state index contributed by atoms with van der Waals surface area (Å²) < 4.78 is 5.50. The lowest BCUT2D eigenvalue weighted by Crippen LogP contribution is -1.91. The molecule has 0 atom stereocenters. The number of benzene rings is 2. The molecule has 0 spiro atoms. The van der Waals surface area contributed by atoms with E-state index >= 15 is 0 Å². The molecule has 0 saturated carbocycles. The fraction of sp³-hybridized carbons (Fsp3) is 0.100. The zero-order valence-electron chi connectivity index (χ0n) is 11.9. The van der Waals surface area contributed by atoms with Crippen molar-refractivity contribution < 1.29 is 4.42 Å². The van der Waals surface area contributed by atoms with Crippen molar-refractivity contribution in [3.63, 3.8) is 0 Å². The first-order chi connectivity index (χ1) is 10.4. The molecule has 3 aromatic rings. The van der Waals surface area contributed by atoms with Crippen LogP contribution in [0.1, 0.15) is 16.9 Å². The average Bonchev–Trinajstić information content (AvgIpc) is 3.06. The Morgan fingerprint density at radius 3 is 2.19 bits per heavy atom. The molecule has 0 fully saturated rings. The third-order valence-electron chi connectivity index (χ3n) is 3.52. The van der Waals surface area contributed by atoms with Gasteiger partial charge in [0.1, 0.15) is 5.76 Å². The summed E-state index contributed by atoms with van der Waals surface area (Å²) in [6.07, 6.45) is 5.79. The second-order valence-corrected chi connectivity index (χ2v) is 5.04. The Morgan fingerprint density at radius 1 is 0.810 bits per heavy atom. The Balaban J connectivity index is 1.85. The van der Waals surface area contributed by atoms with Crippen LogP contribution in [0.5, 0.6) is 0 Å². The minimum absolute atomic E-state index is 0.823. The van der Waals surface area contributed by atoms with E-state index in [2.05, 4.69) is 54.6 Å². The minimum Gasteiger partial charge on any atom is -0.469 e. The second kappa shape index (κ2) is 6.76. The van der Waals surface area contributed by atoms with Gasteiger partial charge in [0.15, 0.2) is 0 Å². The number of hydrogen-bond acceptors (Lipinski definition) is 1. The number of furan rings is 1. The van der Waals surface area contributed by atoms with Crippen LogP contribution in [0, 0.1) is 0 Å². The predicted octanol–water partition coefficient (Wildman–Crippen LogP) is 5.15. The highest BCUT2D eigenvalue weighted by Gasteiger charge is 2.05. The number of allylic oxidation sites excluding steroid dienone is 2. The van der Waals surface area contributed by atoms with Crippen LogP contribution in [0.4, 0.5) is 0 Å². The van der Waals surface area contributed by atoms with Crippen molar-refractivity contribution in [3.05, 3.63) is 102 Å². The standard InChI is InChI=1S/C20H18O/c1-3-8-17(9-4-1)13-14-19(16-20-12-7-15-21-20)18-10-5-2-6-11-18/h1-12,14-15H,13,16H2/b19-14-. The predicted molar refractivity (Wildman–Crippen MR) is 87.0 cm³/mol. The van der Waals surface area contributed by atoms with Gasteiger partial charge in [0.2, 0.25) is 0 Å². The first-order valence-corrected chi connectivity index (χ1v) is 7.22. The normalized spacial score (nSPS) is 11.5. The van der Waals surface area contributed by atoms with Gasteiger partial charge in [0.05, 0.1) is 6.26 Å². The monoisotopic (exact) mass is 274 g/mol. The van der Waals surface area contributed by atoms with Crippen LogP contribution >= 0.6 is 0 Å². The molecule has 0 radical (unpaired) electrons. The third-order valence-corrected chi connectivity index (χ3v) is 3.52. The molecule has 1 nitrogen and oxygen atoms in total. The van der Waals surface area contributed by atoms with Gasteiger partial charge in [0.25, 0.3) is 0 Å². The van der Waals surface area contributed by atoms with E-state index in [1.165, 1.54) is 16.7 Å². The van der Waals surface area contributed by atoms with Crippen LogP contribution in [-0.4, -0.2) is 0 Å². The van der Waals surface area contributed by atoms with E-state index in [1.807, 2.05) is 24.3 Å². The summed E-state index contributed by atoms with van der Waals surface area (Å²) in [4.78, 5) is 0. The molecule has 0 unspecified atom stereocenters. The Kier molecular flexibility index (Phi) is 4.33. The maximum Gasteiger partial charge on any atom is 0.108 e. The van der Waals surface area contributed by atoms with Gasteiger partial charge < -0.3 is 4.42 Å². The van der Waals surface area contributed by atoms with Gasteiger partial charge >= 0.3 is 0 Å². The van der Waals surface area contributed by atoms with Crippen LogP contribution in [-0.2, 0) is 12.8 Å². The van der Waals surface area contributed by atoms with E-state index in [4.69, 9.17) is 4.42 Å². The van der Waals surface area contributed by atoms with Crippen LogP contribution in [0.15, 0.2) is 89.6 Å². The molecule has 3 rings (SSSR count). The molecule has 2 aromatic carbocycles. The van der Waals surface area contributed by atoms with Gasteiger partial charge in [-0.3, -0.25) is 0 Å². The Morgan fingerprint density at radius 2 is 1.52 bits per heavy atom. The van der Waals surface area contributed by atoms with Crippen molar-refractivity contribution in [3.8, 4) is 0 Å². The van der Waals surface area contributed by atoms with Crippen molar-refractivity contribution in [1.82, 2.24) is 0 Å². The molecule has 1 aromatic heterocycles. The minimum atomic E-state index is 0.823. The van der Waals surface area contributed by atoms with Gasteiger partial charge in [-0.1, -0.05) is 66.7 Å². The van der Waals surface area contributed by atoms with Crippen molar-refractivity contribution in [2.75, 3.05) is 0 Å². The van der Waals surface area contributed by atoms with Crippen molar-refractivity contribution in [2.24, 2.45) is 0 Å². The van der Waals surface area contributed by atoms with Crippen molar-refractivity contribution >= 4 is 5.57 Å². The van der Waals surface area contributed by atoms with E-state index in [1.54, 1.807) is 6.26 Å². The SMILES string of the molecule is C(/Cc1ccccc1)=C(\Cc1ccco1)c1ccccc1. The summed E-state index contributed by atoms with van der Waals surface area (Å²) in [5.41, 5.74) is 3.88. The molecule has 0 bridgehead atoms. The number of rotatable bonds is 5. The van der Waals surface area contributed by atoms with Crippen molar-refractivity contribution in [1.29, 1.82) is 0 Å². The molecule has 0 saturated heterocycles. The number of hydrogen-bond donors (Lipinski definition) is 0. The Bertz CT molecular complexity index is 679. The van der Waals surface area contributed by atoms with Gasteiger partial charge in [-0.25, -0.2) is 0 Å². The van der Waals surface area contributed by atoms with E-state index in [-0.39, 0.29) is 0 Å². The zero-order chi connectivity index (χ0) is 14.3. The molecule has 21 heavy (non-hydrogen) atoms. The maximum atomic E-state index is 5.50. The topological polar surface area (TPSA) is 13.1 Å². The summed E-state index contributed by atoms with van der Waals surface area (Å²) in [6.45, 7) is 0. The lowest BCUT2D eigenvalue weighted by molar-refractivity contribution is 0.524. The fourth-order valence-corrected chi connectivity index (χ4v) is 2.40. The van der Waals surface area contributed by atoms with Crippen LogP contribution in [0.25, 0.3) is 5.57 Å². The molecular weight excluding hydrogens is 256 g/mol. The summed E-state index contributed by atoms with van der Waals surface area (Å²) in [7, 11) is 0. The van der Waals surface area contributed by atoms with Crippen LogP contribution in [0.3, 0.4) is 0 Å². The highest BCUT2D eigenvalue weighted by Crippen LogP contribution is 2.21. The first kappa shape index (κ1) is 13.4. The largest absolute Gasteiger partial charge is 0.469 e. The molecule has 1 heteroatoms. The molecule has 0 aliphatic heterocycles. The van der Waals surface area contributed by atoms with Gasteiger partial charge in [-0.15, -0.1) is 0 Å². The molecule has 0 aliphatic rings. The highest BCUT2D eigenvalue weighted by molar-refractivity contribution is 5.67. The second-order valence-electron chi connectivity index (χ2n) is 5.04. The van der Waals surface area contributed by atoms with Crippen LogP contribution < -0.4 is 0 Å². The lowest BCUT2D eigenvalue weighted by Gasteiger charge is -2.07. The van der Waals surface area contributed by atoms with Gasteiger partial charge in [0, 0.05) is 6.42 Å². The summed E-state index contributed by atoms with van der Waals surface area (Å²) in [5.74, 6) is 0.998. The van der Waals surface area contributed by atoms with E-state index in [9.17, 15) is 0 Å².